The highest BCUT2D eigenvalue weighted by Gasteiger charge is 2.08. The topological polar surface area (TPSA) is 77.0 Å². The van der Waals surface area contributed by atoms with Crippen LogP contribution in [0.15, 0.2) is 77.9 Å². The molecule has 0 aliphatic carbocycles. The van der Waals surface area contributed by atoms with E-state index in [2.05, 4.69) is 10.5 Å². The van der Waals surface area contributed by atoms with Gasteiger partial charge in [-0.15, -0.1) is 0 Å². The predicted molar refractivity (Wildman–Crippen MR) is 115 cm³/mol. The van der Waals surface area contributed by atoms with Gasteiger partial charge in [-0.1, -0.05) is 35.9 Å². The van der Waals surface area contributed by atoms with E-state index in [1.54, 1.807) is 42.5 Å². The minimum Gasteiger partial charge on any atom is -0.483 e. The van der Waals surface area contributed by atoms with E-state index in [9.17, 15) is 9.59 Å². The second kappa shape index (κ2) is 10.0. The molecule has 0 aliphatic heterocycles. The lowest BCUT2D eigenvalue weighted by Gasteiger charge is -2.07. The van der Waals surface area contributed by atoms with E-state index in [4.69, 9.17) is 9.47 Å². The second-order valence-corrected chi connectivity index (χ2v) is 6.67. The number of esters is 1. The van der Waals surface area contributed by atoms with Crippen LogP contribution in [0.25, 0.3) is 0 Å². The number of amides is 1. The number of hydrogen-bond donors (Lipinski definition) is 1. The molecule has 0 fully saturated rings. The minimum atomic E-state index is -0.419. The Morgan fingerprint density at radius 1 is 0.933 bits per heavy atom. The maximum absolute atomic E-state index is 12.1. The summed E-state index contributed by atoms with van der Waals surface area (Å²) in [4.78, 5) is 24.0. The number of para-hydroxylation sites is 1. The van der Waals surface area contributed by atoms with E-state index in [1.807, 2.05) is 44.2 Å². The molecule has 0 unspecified atom stereocenters. The van der Waals surface area contributed by atoms with Crippen molar-refractivity contribution in [3.8, 4) is 11.5 Å². The molecule has 0 radical (unpaired) electrons. The number of hydrogen-bond acceptors (Lipinski definition) is 5. The van der Waals surface area contributed by atoms with Gasteiger partial charge >= 0.3 is 5.97 Å². The first-order chi connectivity index (χ1) is 14.5. The Kier molecular flexibility index (Phi) is 6.95. The van der Waals surface area contributed by atoms with Crippen LogP contribution in [0.2, 0.25) is 0 Å². The smallest absolute Gasteiger partial charge is 0.343 e. The van der Waals surface area contributed by atoms with Crippen LogP contribution in [0, 0.1) is 13.8 Å². The zero-order valence-corrected chi connectivity index (χ0v) is 16.8. The molecule has 6 heteroatoms. The molecule has 0 bridgehead atoms. The lowest BCUT2D eigenvalue weighted by molar-refractivity contribution is -0.123. The molecule has 0 aromatic heterocycles. The van der Waals surface area contributed by atoms with Crippen molar-refractivity contribution in [1.29, 1.82) is 0 Å². The number of carbonyl (C=O) groups is 2. The minimum absolute atomic E-state index is 0.129. The van der Waals surface area contributed by atoms with E-state index >= 15 is 0 Å². The molecule has 152 valence electrons. The summed E-state index contributed by atoms with van der Waals surface area (Å²) < 4.78 is 10.8. The van der Waals surface area contributed by atoms with E-state index in [0.717, 1.165) is 16.7 Å². The fourth-order valence-corrected chi connectivity index (χ4v) is 2.55. The Hall–Kier alpha value is -3.93. The summed E-state index contributed by atoms with van der Waals surface area (Å²) >= 11 is 0. The lowest BCUT2D eigenvalue weighted by Crippen LogP contribution is -2.24. The quantitative estimate of drug-likeness (QED) is 0.280. The standard InChI is InChI=1S/C24H22N2O4/c1-17-7-11-20(12-8-17)24(28)30-21-13-9-19(10-14-21)15-25-26-23(27)16-29-22-6-4-3-5-18(22)2/h3-15H,16H2,1-2H3,(H,26,27)/b25-15+. The highest BCUT2D eigenvalue weighted by molar-refractivity contribution is 5.91. The predicted octanol–water partition coefficient (Wildman–Crippen LogP) is 4.05. The summed E-state index contributed by atoms with van der Waals surface area (Å²) in [5, 5.41) is 3.91. The number of carbonyl (C=O) groups excluding carboxylic acids is 2. The van der Waals surface area contributed by atoms with Gasteiger partial charge in [0.05, 0.1) is 11.8 Å². The molecule has 3 aromatic rings. The van der Waals surface area contributed by atoms with Crippen LogP contribution in [0.1, 0.15) is 27.0 Å². The second-order valence-electron chi connectivity index (χ2n) is 6.67. The molecule has 0 aliphatic rings. The van der Waals surface area contributed by atoms with Gasteiger partial charge in [0, 0.05) is 0 Å². The van der Waals surface area contributed by atoms with Gasteiger partial charge in [0.1, 0.15) is 11.5 Å². The van der Waals surface area contributed by atoms with E-state index in [0.29, 0.717) is 17.1 Å². The van der Waals surface area contributed by atoms with Crippen LogP contribution in [-0.4, -0.2) is 24.7 Å². The van der Waals surface area contributed by atoms with Crippen LogP contribution in [0.5, 0.6) is 11.5 Å². The number of nitrogens with zero attached hydrogens (tertiary/aromatic N) is 1. The molecular weight excluding hydrogens is 380 g/mol. The number of aryl methyl sites for hydroxylation is 2. The molecule has 6 nitrogen and oxygen atoms in total. The SMILES string of the molecule is Cc1ccc(C(=O)Oc2ccc(/C=N/NC(=O)COc3ccccc3C)cc2)cc1. The van der Waals surface area contributed by atoms with Crippen molar-refractivity contribution in [1.82, 2.24) is 5.43 Å². The van der Waals surface area contributed by atoms with E-state index in [1.165, 1.54) is 6.21 Å². The maximum Gasteiger partial charge on any atom is 0.343 e. The third-order valence-electron chi connectivity index (χ3n) is 4.23. The number of benzene rings is 3. The largest absolute Gasteiger partial charge is 0.483 e. The molecule has 0 spiro atoms. The van der Waals surface area contributed by atoms with Crippen molar-refractivity contribution in [2.24, 2.45) is 5.10 Å². The Morgan fingerprint density at radius 2 is 1.63 bits per heavy atom. The van der Waals surface area contributed by atoms with Gasteiger partial charge in [-0.3, -0.25) is 4.79 Å². The van der Waals surface area contributed by atoms with Gasteiger partial charge in [0.15, 0.2) is 6.61 Å². The molecule has 3 aromatic carbocycles. The molecule has 1 N–H and O–H groups in total. The number of ether oxygens (including phenoxy) is 2. The monoisotopic (exact) mass is 402 g/mol. The summed E-state index contributed by atoms with van der Waals surface area (Å²) in [7, 11) is 0. The number of nitrogens with one attached hydrogen (secondary N) is 1. The average Bonchev–Trinajstić information content (AvgIpc) is 2.75. The van der Waals surface area contributed by atoms with Crippen molar-refractivity contribution in [3.05, 3.63) is 95.1 Å². The highest BCUT2D eigenvalue weighted by atomic mass is 16.5. The fraction of sp³-hybridized carbons (Fsp3) is 0.125. The molecule has 30 heavy (non-hydrogen) atoms. The van der Waals surface area contributed by atoms with E-state index in [-0.39, 0.29) is 12.5 Å². The lowest BCUT2D eigenvalue weighted by atomic mass is 10.1. The average molecular weight is 402 g/mol. The van der Waals surface area contributed by atoms with Crippen LogP contribution < -0.4 is 14.9 Å². The van der Waals surface area contributed by atoms with Crippen molar-refractivity contribution >= 4 is 18.1 Å². The van der Waals surface area contributed by atoms with Gasteiger partial charge in [0.2, 0.25) is 0 Å². The van der Waals surface area contributed by atoms with Crippen LogP contribution in [0.3, 0.4) is 0 Å². The third-order valence-corrected chi connectivity index (χ3v) is 4.23. The van der Waals surface area contributed by atoms with Crippen molar-refractivity contribution in [3.63, 3.8) is 0 Å². The van der Waals surface area contributed by atoms with Crippen LogP contribution in [-0.2, 0) is 4.79 Å². The van der Waals surface area contributed by atoms with Gasteiger partial charge in [-0.25, -0.2) is 10.2 Å². The first-order valence-electron chi connectivity index (χ1n) is 9.40. The number of hydrazone groups is 1. The zero-order chi connectivity index (χ0) is 21.3. The first kappa shape index (κ1) is 20.8. The Bertz CT molecular complexity index is 1040. The normalized spacial score (nSPS) is 10.6. The Morgan fingerprint density at radius 3 is 2.33 bits per heavy atom. The Labute approximate surface area is 175 Å². The molecule has 3 rings (SSSR count). The first-order valence-corrected chi connectivity index (χ1v) is 9.40. The molecule has 1 amide bonds. The Balaban J connectivity index is 1.47. The van der Waals surface area contributed by atoms with Gasteiger partial charge in [-0.05, 0) is 67.4 Å². The van der Waals surface area contributed by atoms with Crippen LogP contribution >= 0.6 is 0 Å². The molecular formula is C24H22N2O4. The zero-order valence-electron chi connectivity index (χ0n) is 16.8. The summed E-state index contributed by atoms with van der Waals surface area (Å²) in [6, 6.07) is 21.4. The fourth-order valence-electron chi connectivity index (χ4n) is 2.55. The van der Waals surface area contributed by atoms with Crippen molar-refractivity contribution < 1.29 is 19.1 Å². The molecule has 0 saturated carbocycles. The number of rotatable bonds is 7. The summed E-state index contributed by atoms with van der Waals surface area (Å²) in [6.45, 7) is 3.73. The highest BCUT2D eigenvalue weighted by Crippen LogP contribution is 2.16. The maximum atomic E-state index is 12.1. The molecule has 0 saturated heterocycles. The summed E-state index contributed by atoms with van der Waals surface area (Å²) in [5.41, 5.74) is 5.67. The third kappa shape index (κ3) is 6.04. The van der Waals surface area contributed by atoms with E-state index < -0.39 is 5.97 Å². The van der Waals surface area contributed by atoms with Crippen molar-refractivity contribution in [2.45, 2.75) is 13.8 Å². The summed E-state index contributed by atoms with van der Waals surface area (Å²) in [5.74, 6) is 0.302. The van der Waals surface area contributed by atoms with Gasteiger partial charge in [0.25, 0.3) is 5.91 Å². The summed E-state index contributed by atoms with van der Waals surface area (Å²) in [6.07, 6.45) is 1.50. The molecule has 0 heterocycles. The van der Waals surface area contributed by atoms with Gasteiger partial charge in [-0.2, -0.15) is 5.10 Å². The molecule has 0 atom stereocenters. The van der Waals surface area contributed by atoms with Crippen LogP contribution in [0.4, 0.5) is 0 Å². The van der Waals surface area contributed by atoms with Crippen molar-refractivity contribution in [2.75, 3.05) is 6.61 Å². The van der Waals surface area contributed by atoms with Gasteiger partial charge < -0.3 is 9.47 Å².